The summed E-state index contributed by atoms with van der Waals surface area (Å²) >= 11 is 0. The zero-order valence-electron chi connectivity index (χ0n) is 22.9. The van der Waals surface area contributed by atoms with E-state index in [4.69, 9.17) is 25.2 Å². The summed E-state index contributed by atoms with van der Waals surface area (Å²) in [6.45, 7) is 21.9. The third kappa shape index (κ3) is 4.49. The molecule has 1 aliphatic rings. The second-order valence-corrected chi connectivity index (χ2v) is 11.3. The summed E-state index contributed by atoms with van der Waals surface area (Å²) < 4.78 is 24.2. The molecular weight excluding hydrogens is 423 g/mol. The van der Waals surface area contributed by atoms with Crippen LogP contribution in [0.15, 0.2) is 12.1 Å². The van der Waals surface area contributed by atoms with E-state index in [1.54, 1.807) is 7.11 Å². The van der Waals surface area contributed by atoms with Gasteiger partial charge in [0.15, 0.2) is 6.79 Å². The average Bonchev–Trinajstić information content (AvgIpc) is 2.95. The highest BCUT2D eigenvalue weighted by Gasteiger charge is 2.52. The van der Waals surface area contributed by atoms with Crippen molar-refractivity contribution in [2.75, 3.05) is 13.9 Å². The molecule has 0 bridgehead atoms. The molecule has 184 valence electrons. The molecule has 0 amide bonds. The second kappa shape index (κ2) is 9.57. The van der Waals surface area contributed by atoms with Crippen molar-refractivity contribution in [3.8, 4) is 18.1 Å². The lowest BCUT2D eigenvalue weighted by Crippen LogP contribution is -2.41. The number of benzene rings is 2. The van der Waals surface area contributed by atoms with Gasteiger partial charge < -0.3 is 18.8 Å². The largest absolute Gasteiger partial charge is 0.495 e. The monoisotopic (exact) mass is 464 g/mol. The van der Waals surface area contributed by atoms with Gasteiger partial charge in [-0.05, 0) is 90.5 Å². The van der Waals surface area contributed by atoms with E-state index < -0.39 is 18.3 Å². The summed E-state index contributed by atoms with van der Waals surface area (Å²) in [6, 6.07) is 4.11. The molecule has 2 aromatic rings. The lowest BCUT2D eigenvalue weighted by atomic mass is 9.70. The number of ether oxygens (including phenoxy) is 2. The Morgan fingerprint density at radius 1 is 0.882 bits per heavy atom. The number of hydrogen-bond acceptors (Lipinski definition) is 4. The molecule has 1 saturated heterocycles. The standard InChI is InChI=1S/C29H41BO4/c1-13-21-24(17(2)3)26(19(6)7)25(18(4)5)22-14-20(32-16-31-12)15-23(27(21)22)30-33-28(8,9)29(10,11)34-30/h1,14-15,17-19H,16H2,2-12H3. The Bertz CT molecular complexity index is 1090. The fourth-order valence-corrected chi connectivity index (χ4v) is 5.05. The molecule has 5 heteroatoms. The molecule has 0 saturated carbocycles. The number of terminal acetylenes is 1. The van der Waals surface area contributed by atoms with Gasteiger partial charge in [0.2, 0.25) is 0 Å². The maximum atomic E-state index is 6.52. The normalized spacial score (nSPS) is 17.3. The van der Waals surface area contributed by atoms with Crippen LogP contribution in [0.1, 0.15) is 109 Å². The average molecular weight is 464 g/mol. The van der Waals surface area contributed by atoms with E-state index in [-0.39, 0.29) is 12.7 Å². The lowest BCUT2D eigenvalue weighted by molar-refractivity contribution is 0.00578. The molecule has 0 aliphatic carbocycles. The van der Waals surface area contributed by atoms with Crippen LogP contribution >= 0.6 is 0 Å². The predicted octanol–water partition coefficient (Wildman–Crippen LogP) is 6.47. The second-order valence-electron chi connectivity index (χ2n) is 11.3. The van der Waals surface area contributed by atoms with Crippen molar-refractivity contribution >= 4 is 23.4 Å². The van der Waals surface area contributed by atoms with E-state index in [0.717, 1.165) is 27.5 Å². The Labute approximate surface area is 206 Å². The smallest absolute Gasteiger partial charge is 0.468 e. The van der Waals surface area contributed by atoms with Gasteiger partial charge in [0, 0.05) is 12.7 Å². The minimum Gasteiger partial charge on any atom is -0.468 e. The SMILES string of the molecule is C#Cc1c(C(C)C)c(C(C)C)c(C(C)C)c2cc(OCOC)cc(B3OC(C)(C)C(C)(C)O3)c12. The van der Waals surface area contributed by atoms with E-state index in [0.29, 0.717) is 11.8 Å². The molecule has 1 aliphatic heterocycles. The van der Waals surface area contributed by atoms with Crippen LogP contribution in [0.4, 0.5) is 0 Å². The Hall–Kier alpha value is -2.00. The maximum absolute atomic E-state index is 6.52. The first kappa shape index (κ1) is 26.6. The molecule has 0 unspecified atom stereocenters. The van der Waals surface area contributed by atoms with Crippen molar-refractivity contribution in [1.29, 1.82) is 0 Å². The molecule has 1 fully saturated rings. The van der Waals surface area contributed by atoms with Gasteiger partial charge in [-0.1, -0.05) is 47.5 Å². The molecule has 3 rings (SSSR count). The van der Waals surface area contributed by atoms with E-state index in [2.05, 4.69) is 81.2 Å². The van der Waals surface area contributed by atoms with E-state index in [1.165, 1.54) is 16.7 Å². The van der Waals surface area contributed by atoms with Crippen LogP contribution in [0.5, 0.6) is 5.75 Å². The van der Waals surface area contributed by atoms with Crippen LogP contribution in [-0.2, 0) is 14.0 Å². The fraction of sp³-hybridized carbons (Fsp3) is 0.586. The Kier molecular flexibility index (Phi) is 7.49. The summed E-state index contributed by atoms with van der Waals surface area (Å²) in [6.07, 6.45) is 6.26. The first-order chi connectivity index (χ1) is 15.8. The lowest BCUT2D eigenvalue weighted by Gasteiger charge is -2.32. The highest BCUT2D eigenvalue weighted by molar-refractivity contribution is 6.65. The third-order valence-electron chi connectivity index (χ3n) is 7.26. The van der Waals surface area contributed by atoms with Crippen LogP contribution in [0.3, 0.4) is 0 Å². The van der Waals surface area contributed by atoms with Gasteiger partial charge in [-0.3, -0.25) is 0 Å². The number of rotatable bonds is 7. The zero-order valence-corrected chi connectivity index (χ0v) is 22.9. The summed E-state index contributed by atoms with van der Waals surface area (Å²) in [7, 11) is 1.06. The van der Waals surface area contributed by atoms with Crippen molar-refractivity contribution in [3.05, 3.63) is 34.4 Å². The molecule has 1 heterocycles. The highest BCUT2D eigenvalue weighted by Crippen LogP contribution is 2.43. The highest BCUT2D eigenvalue weighted by atomic mass is 16.7. The van der Waals surface area contributed by atoms with E-state index in [1.807, 2.05) is 6.07 Å². The molecular formula is C29H41BO4. The summed E-state index contributed by atoms with van der Waals surface area (Å²) in [5.41, 5.74) is 4.81. The Morgan fingerprint density at radius 3 is 1.85 bits per heavy atom. The molecule has 0 N–H and O–H groups in total. The molecule has 0 radical (unpaired) electrons. The summed E-state index contributed by atoms with van der Waals surface area (Å²) in [5.74, 6) is 4.70. The molecule has 0 spiro atoms. The minimum absolute atomic E-state index is 0.161. The fourth-order valence-electron chi connectivity index (χ4n) is 5.05. The van der Waals surface area contributed by atoms with Gasteiger partial charge in [-0.2, -0.15) is 0 Å². The zero-order chi connectivity index (χ0) is 25.6. The number of fused-ring (bicyclic) bond motifs is 1. The Morgan fingerprint density at radius 2 is 1.41 bits per heavy atom. The van der Waals surface area contributed by atoms with Crippen LogP contribution in [0.25, 0.3) is 10.8 Å². The first-order valence-electron chi connectivity index (χ1n) is 12.4. The van der Waals surface area contributed by atoms with Gasteiger partial charge in [0.25, 0.3) is 0 Å². The van der Waals surface area contributed by atoms with Crippen molar-refractivity contribution < 1.29 is 18.8 Å². The van der Waals surface area contributed by atoms with Gasteiger partial charge in [-0.25, -0.2) is 0 Å². The van der Waals surface area contributed by atoms with Crippen LogP contribution in [0.2, 0.25) is 0 Å². The quantitative estimate of drug-likeness (QED) is 0.267. The van der Waals surface area contributed by atoms with E-state index >= 15 is 0 Å². The maximum Gasteiger partial charge on any atom is 0.495 e. The molecule has 0 aromatic heterocycles. The first-order valence-corrected chi connectivity index (χ1v) is 12.4. The third-order valence-corrected chi connectivity index (χ3v) is 7.26. The van der Waals surface area contributed by atoms with Gasteiger partial charge in [0.05, 0.1) is 11.2 Å². The van der Waals surface area contributed by atoms with Crippen molar-refractivity contribution in [2.45, 2.75) is 98.2 Å². The predicted molar refractivity (Wildman–Crippen MR) is 142 cm³/mol. The van der Waals surface area contributed by atoms with Crippen molar-refractivity contribution in [3.63, 3.8) is 0 Å². The van der Waals surface area contributed by atoms with Crippen LogP contribution < -0.4 is 10.2 Å². The number of hydrogen-bond donors (Lipinski definition) is 0. The summed E-state index contributed by atoms with van der Waals surface area (Å²) in [5, 5.41) is 2.14. The van der Waals surface area contributed by atoms with E-state index in [9.17, 15) is 0 Å². The van der Waals surface area contributed by atoms with Crippen molar-refractivity contribution in [2.24, 2.45) is 0 Å². The van der Waals surface area contributed by atoms with Crippen molar-refractivity contribution in [1.82, 2.24) is 0 Å². The van der Waals surface area contributed by atoms with Crippen LogP contribution in [-0.4, -0.2) is 32.2 Å². The molecule has 2 aromatic carbocycles. The Balaban J connectivity index is 2.52. The van der Waals surface area contributed by atoms with Crippen LogP contribution in [0, 0.1) is 12.3 Å². The molecule has 34 heavy (non-hydrogen) atoms. The summed E-state index contributed by atoms with van der Waals surface area (Å²) in [4.78, 5) is 0. The topological polar surface area (TPSA) is 36.9 Å². The van der Waals surface area contributed by atoms with Gasteiger partial charge >= 0.3 is 7.12 Å². The van der Waals surface area contributed by atoms with Gasteiger partial charge in [0.1, 0.15) is 5.75 Å². The molecule has 0 atom stereocenters. The van der Waals surface area contributed by atoms with Gasteiger partial charge in [-0.15, -0.1) is 6.42 Å². The number of methoxy groups -OCH3 is 1. The minimum atomic E-state index is -0.560. The molecule has 4 nitrogen and oxygen atoms in total.